The van der Waals surface area contributed by atoms with Crippen LogP contribution in [-0.4, -0.2) is 38.0 Å². The Balaban J connectivity index is 2.59. The van der Waals surface area contributed by atoms with E-state index >= 15 is 0 Å². The van der Waals surface area contributed by atoms with Gasteiger partial charge in [-0.1, -0.05) is 56.9 Å². The first-order valence-electron chi connectivity index (χ1n) is 10.4. The fourth-order valence-electron chi connectivity index (χ4n) is 3.37. The molecular formula is C23H34O6. The maximum Gasteiger partial charge on any atom is 0.336 e. The first-order valence-corrected chi connectivity index (χ1v) is 10.4. The summed E-state index contributed by atoms with van der Waals surface area (Å²) in [5, 5.41) is 39.2. The van der Waals surface area contributed by atoms with Gasteiger partial charge in [-0.05, 0) is 49.8 Å². The highest BCUT2D eigenvalue weighted by molar-refractivity contribution is 5.86. The van der Waals surface area contributed by atoms with E-state index < -0.39 is 23.5 Å². The quantitative estimate of drug-likeness (QED) is 0.251. The van der Waals surface area contributed by atoms with Gasteiger partial charge in [-0.3, -0.25) is 4.79 Å². The second-order valence-electron chi connectivity index (χ2n) is 7.57. The average Bonchev–Trinajstić information content (AvgIpc) is 2.67. The van der Waals surface area contributed by atoms with Crippen molar-refractivity contribution in [2.75, 3.05) is 0 Å². The van der Waals surface area contributed by atoms with Crippen LogP contribution in [0.15, 0.2) is 36.4 Å². The Kier molecular flexibility index (Phi) is 11.1. The zero-order valence-electron chi connectivity index (χ0n) is 17.2. The van der Waals surface area contributed by atoms with Crippen molar-refractivity contribution in [1.29, 1.82) is 0 Å². The first kappa shape index (κ1) is 24.7. The molecular weight excluding hydrogens is 372 g/mol. The molecule has 0 spiro atoms. The minimum atomic E-state index is -2.40. The second-order valence-corrected chi connectivity index (χ2v) is 7.57. The van der Waals surface area contributed by atoms with Gasteiger partial charge in [-0.2, -0.15) is 0 Å². The molecule has 29 heavy (non-hydrogen) atoms. The largest absolute Gasteiger partial charge is 0.508 e. The number of allylic oxidation sites excluding steroid dienone is 2. The van der Waals surface area contributed by atoms with Crippen molar-refractivity contribution in [2.45, 2.75) is 76.7 Å². The van der Waals surface area contributed by atoms with Crippen LogP contribution in [0.5, 0.6) is 5.75 Å². The Labute approximate surface area is 172 Å². The normalized spacial score (nSPS) is 14.6. The summed E-state index contributed by atoms with van der Waals surface area (Å²) >= 11 is 0. The SMILES string of the molecule is CCCCCC/C=C\CCCC[C@H](C(=O)O)[C@@](O)(Cc1ccc(O)cc1)C(=O)O. The van der Waals surface area contributed by atoms with Crippen LogP contribution in [0.3, 0.4) is 0 Å². The Hall–Kier alpha value is -2.34. The van der Waals surface area contributed by atoms with E-state index in [0.717, 1.165) is 19.3 Å². The highest BCUT2D eigenvalue weighted by Crippen LogP contribution is 2.29. The highest BCUT2D eigenvalue weighted by atomic mass is 16.4. The number of unbranched alkanes of at least 4 members (excludes halogenated alkanes) is 6. The molecule has 2 atom stereocenters. The van der Waals surface area contributed by atoms with Gasteiger partial charge in [-0.15, -0.1) is 0 Å². The molecule has 0 amide bonds. The van der Waals surface area contributed by atoms with Crippen molar-refractivity contribution in [3.63, 3.8) is 0 Å². The Morgan fingerprint density at radius 1 is 0.966 bits per heavy atom. The number of rotatable bonds is 15. The van der Waals surface area contributed by atoms with Crippen LogP contribution < -0.4 is 0 Å². The lowest BCUT2D eigenvalue weighted by Crippen LogP contribution is -2.51. The van der Waals surface area contributed by atoms with E-state index in [1.165, 1.54) is 49.9 Å². The van der Waals surface area contributed by atoms with Crippen molar-refractivity contribution in [2.24, 2.45) is 5.92 Å². The number of hydrogen-bond donors (Lipinski definition) is 4. The number of hydrogen-bond acceptors (Lipinski definition) is 4. The summed E-state index contributed by atoms with van der Waals surface area (Å²) in [6.07, 6.45) is 12.0. The minimum absolute atomic E-state index is 0.0146. The molecule has 0 saturated carbocycles. The van der Waals surface area contributed by atoms with E-state index in [2.05, 4.69) is 19.1 Å². The molecule has 0 unspecified atom stereocenters. The van der Waals surface area contributed by atoms with Gasteiger partial charge in [0.2, 0.25) is 0 Å². The molecule has 0 aliphatic heterocycles. The Morgan fingerprint density at radius 3 is 2.07 bits per heavy atom. The van der Waals surface area contributed by atoms with Crippen molar-refractivity contribution in [3.8, 4) is 5.75 Å². The molecule has 162 valence electrons. The number of carboxylic acids is 2. The number of carbonyl (C=O) groups is 2. The lowest BCUT2D eigenvalue weighted by molar-refractivity contribution is -0.174. The first-order chi connectivity index (χ1) is 13.8. The molecule has 6 nitrogen and oxygen atoms in total. The fraction of sp³-hybridized carbons (Fsp3) is 0.565. The Bertz CT molecular complexity index is 652. The van der Waals surface area contributed by atoms with Crippen LogP contribution >= 0.6 is 0 Å². The van der Waals surface area contributed by atoms with E-state index in [9.17, 15) is 30.0 Å². The molecule has 0 aliphatic rings. The third-order valence-electron chi connectivity index (χ3n) is 5.16. The van der Waals surface area contributed by atoms with Crippen molar-refractivity contribution in [3.05, 3.63) is 42.0 Å². The predicted molar refractivity (Wildman–Crippen MR) is 112 cm³/mol. The van der Waals surface area contributed by atoms with Gasteiger partial charge in [0.1, 0.15) is 5.75 Å². The van der Waals surface area contributed by atoms with E-state index in [-0.39, 0.29) is 18.6 Å². The summed E-state index contributed by atoms with van der Waals surface area (Å²) in [7, 11) is 0. The summed E-state index contributed by atoms with van der Waals surface area (Å²) in [6, 6.07) is 5.71. The molecule has 4 N–H and O–H groups in total. The molecule has 0 aliphatic carbocycles. The topological polar surface area (TPSA) is 115 Å². The number of aliphatic hydroxyl groups is 1. The smallest absolute Gasteiger partial charge is 0.336 e. The number of aromatic hydroxyl groups is 1. The molecule has 1 aromatic rings. The van der Waals surface area contributed by atoms with Crippen LogP contribution in [0.25, 0.3) is 0 Å². The lowest BCUT2D eigenvalue weighted by Gasteiger charge is -2.30. The maximum atomic E-state index is 11.7. The number of aliphatic carboxylic acids is 2. The van der Waals surface area contributed by atoms with Crippen molar-refractivity contribution < 1.29 is 30.0 Å². The molecule has 6 heteroatoms. The summed E-state index contributed by atoms with van der Waals surface area (Å²) in [4.78, 5) is 23.5. The standard InChI is InChI=1S/C23H34O6/c1-2-3-4-5-6-7-8-9-10-11-12-20(21(25)26)23(29,22(27)28)17-18-13-15-19(24)16-14-18/h7-8,13-16,20,24,29H,2-6,9-12,17H2,1H3,(H,25,26)(H,27,28)/b8-7-/t20-,23+/m1/s1. The molecule has 1 aromatic carbocycles. The van der Waals surface area contributed by atoms with Gasteiger partial charge in [-0.25, -0.2) is 4.79 Å². The van der Waals surface area contributed by atoms with Gasteiger partial charge in [0.15, 0.2) is 5.60 Å². The van der Waals surface area contributed by atoms with E-state index in [0.29, 0.717) is 12.0 Å². The summed E-state index contributed by atoms with van der Waals surface area (Å²) in [5.41, 5.74) is -1.96. The zero-order valence-corrected chi connectivity index (χ0v) is 17.2. The third kappa shape index (κ3) is 8.69. The average molecular weight is 407 g/mol. The van der Waals surface area contributed by atoms with Crippen molar-refractivity contribution >= 4 is 11.9 Å². The summed E-state index contributed by atoms with van der Waals surface area (Å²) in [6.45, 7) is 2.18. The van der Waals surface area contributed by atoms with Crippen LogP contribution in [-0.2, 0) is 16.0 Å². The van der Waals surface area contributed by atoms with Gasteiger partial charge in [0.05, 0.1) is 5.92 Å². The second kappa shape index (κ2) is 13.0. The minimum Gasteiger partial charge on any atom is -0.508 e. The van der Waals surface area contributed by atoms with Gasteiger partial charge < -0.3 is 20.4 Å². The number of benzene rings is 1. The van der Waals surface area contributed by atoms with Crippen LogP contribution in [0.1, 0.15) is 70.3 Å². The monoisotopic (exact) mass is 406 g/mol. The third-order valence-corrected chi connectivity index (χ3v) is 5.16. The molecule has 0 heterocycles. The molecule has 0 fully saturated rings. The van der Waals surface area contributed by atoms with Gasteiger partial charge in [0, 0.05) is 6.42 Å². The maximum absolute atomic E-state index is 11.7. The number of carboxylic acid groups (broad SMARTS) is 2. The lowest BCUT2D eigenvalue weighted by atomic mass is 9.79. The molecule has 0 radical (unpaired) electrons. The van der Waals surface area contributed by atoms with E-state index in [1.54, 1.807) is 0 Å². The highest BCUT2D eigenvalue weighted by Gasteiger charge is 2.47. The van der Waals surface area contributed by atoms with Crippen molar-refractivity contribution in [1.82, 2.24) is 0 Å². The van der Waals surface area contributed by atoms with E-state index in [1.807, 2.05) is 0 Å². The summed E-state index contributed by atoms with van der Waals surface area (Å²) < 4.78 is 0. The summed E-state index contributed by atoms with van der Waals surface area (Å²) in [5.74, 6) is -4.27. The molecule has 0 bridgehead atoms. The van der Waals surface area contributed by atoms with Gasteiger partial charge >= 0.3 is 11.9 Å². The van der Waals surface area contributed by atoms with E-state index in [4.69, 9.17) is 0 Å². The van der Waals surface area contributed by atoms with Gasteiger partial charge in [0.25, 0.3) is 0 Å². The molecule has 1 rings (SSSR count). The number of phenols is 1. The fourth-order valence-corrected chi connectivity index (χ4v) is 3.37. The zero-order chi connectivity index (χ0) is 21.7. The van der Waals surface area contributed by atoms with Crippen LogP contribution in [0.4, 0.5) is 0 Å². The van der Waals surface area contributed by atoms with Crippen LogP contribution in [0.2, 0.25) is 0 Å². The molecule has 0 aromatic heterocycles. The van der Waals surface area contributed by atoms with Crippen LogP contribution in [0, 0.1) is 5.92 Å². The number of phenolic OH excluding ortho intramolecular Hbond substituents is 1. The Morgan fingerprint density at radius 2 is 1.55 bits per heavy atom. The predicted octanol–water partition coefficient (Wildman–Crippen LogP) is 4.54. The molecule has 0 saturated heterocycles.